The molecule has 0 aliphatic rings. The van der Waals surface area contributed by atoms with Gasteiger partial charge in [-0.1, -0.05) is 0 Å². The van der Waals surface area contributed by atoms with Crippen molar-refractivity contribution in [3.05, 3.63) is 42.5 Å². The third-order valence-electron chi connectivity index (χ3n) is 3.75. The van der Waals surface area contributed by atoms with Crippen LogP contribution >= 0.6 is 0 Å². The lowest BCUT2D eigenvalue weighted by molar-refractivity contribution is -0.274. The number of rotatable bonds is 8. The zero-order valence-corrected chi connectivity index (χ0v) is 17.8. The van der Waals surface area contributed by atoms with Gasteiger partial charge in [-0.25, -0.2) is 21.1 Å². The number of hydrogen-bond donors (Lipinski definition) is 2. The van der Waals surface area contributed by atoms with Crippen molar-refractivity contribution in [2.75, 3.05) is 30.7 Å². The van der Waals surface area contributed by atoms with Crippen molar-refractivity contribution in [3.63, 3.8) is 0 Å². The first-order valence-electron chi connectivity index (χ1n) is 8.45. The number of nitrogens with one attached hydrogen (secondary N) is 2. The molecule has 0 saturated heterocycles. The summed E-state index contributed by atoms with van der Waals surface area (Å²) in [6.45, 7) is 2.19. The zero-order valence-electron chi connectivity index (χ0n) is 16.2. The topological polar surface area (TPSA) is 105 Å². The van der Waals surface area contributed by atoms with E-state index in [9.17, 15) is 30.0 Å². The molecule has 0 amide bonds. The van der Waals surface area contributed by atoms with Crippen LogP contribution in [-0.4, -0.2) is 48.1 Å². The fourth-order valence-electron chi connectivity index (χ4n) is 2.35. The van der Waals surface area contributed by atoms with Crippen LogP contribution < -0.4 is 14.8 Å². The molecule has 0 saturated carbocycles. The molecular formula is C17H20F3N3O5S2. The standard InChI is InChI=1S/C17H20F3N3O5S2/c1-4-21-15-10-9-14(30(26,27)23(2)3)11-16(15)22-29(24,25)13-7-5-12(6-8-13)28-17(18,19)20/h5-11,21-22H,4H2,1-3H3. The fourth-order valence-corrected chi connectivity index (χ4v) is 4.35. The number of alkyl halides is 3. The van der Waals surface area contributed by atoms with Gasteiger partial charge < -0.3 is 10.1 Å². The lowest BCUT2D eigenvalue weighted by atomic mass is 10.2. The summed E-state index contributed by atoms with van der Waals surface area (Å²) in [4.78, 5) is -0.471. The molecule has 0 atom stereocenters. The summed E-state index contributed by atoms with van der Waals surface area (Å²) in [5, 5.41) is 2.91. The molecule has 0 heterocycles. The van der Waals surface area contributed by atoms with E-state index >= 15 is 0 Å². The van der Waals surface area contributed by atoms with Crippen molar-refractivity contribution < 1.29 is 34.7 Å². The first-order chi connectivity index (χ1) is 13.8. The highest BCUT2D eigenvalue weighted by molar-refractivity contribution is 7.92. The van der Waals surface area contributed by atoms with Gasteiger partial charge in [0.25, 0.3) is 10.0 Å². The Hall–Kier alpha value is -2.51. The summed E-state index contributed by atoms with van der Waals surface area (Å²) in [7, 11) is -5.39. The number of halogens is 3. The van der Waals surface area contributed by atoms with Gasteiger partial charge in [-0.05, 0) is 49.4 Å². The first-order valence-corrected chi connectivity index (χ1v) is 11.4. The van der Waals surface area contributed by atoms with Crippen molar-refractivity contribution in [2.24, 2.45) is 0 Å². The molecule has 2 aromatic rings. The van der Waals surface area contributed by atoms with Gasteiger partial charge in [0.05, 0.1) is 21.2 Å². The molecule has 13 heteroatoms. The molecule has 2 N–H and O–H groups in total. The number of hydrogen-bond acceptors (Lipinski definition) is 6. The smallest absolute Gasteiger partial charge is 0.406 e. The van der Waals surface area contributed by atoms with Gasteiger partial charge in [-0.3, -0.25) is 4.72 Å². The maximum absolute atomic E-state index is 12.7. The van der Waals surface area contributed by atoms with Gasteiger partial charge in [-0.2, -0.15) is 0 Å². The van der Waals surface area contributed by atoms with Gasteiger partial charge >= 0.3 is 6.36 Å². The molecule has 0 bridgehead atoms. The van der Waals surface area contributed by atoms with E-state index in [1.807, 2.05) is 0 Å². The van der Waals surface area contributed by atoms with Gasteiger partial charge in [0.15, 0.2) is 0 Å². The van der Waals surface area contributed by atoms with Gasteiger partial charge in [0.2, 0.25) is 10.0 Å². The van der Waals surface area contributed by atoms with E-state index < -0.39 is 32.2 Å². The lowest BCUT2D eigenvalue weighted by Gasteiger charge is -2.17. The summed E-state index contributed by atoms with van der Waals surface area (Å²) in [5.74, 6) is -0.575. The van der Waals surface area contributed by atoms with E-state index in [2.05, 4.69) is 14.8 Å². The minimum absolute atomic E-state index is 0.0320. The molecule has 0 aromatic heterocycles. The van der Waals surface area contributed by atoms with Crippen molar-refractivity contribution in [1.29, 1.82) is 0 Å². The van der Waals surface area contributed by atoms with Gasteiger partial charge in [0.1, 0.15) is 5.75 Å². The Bertz CT molecular complexity index is 1100. The van der Waals surface area contributed by atoms with Crippen LogP contribution in [0, 0.1) is 0 Å². The van der Waals surface area contributed by atoms with E-state index in [0.29, 0.717) is 12.2 Å². The molecule has 0 aliphatic heterocycles. The molecule has 2 rings (SSSR count). The minimum atomic E-state index is -4.91. The van der Waals surface area contributed by atoms with Crippen LogP contribution in [0.5, 0.6) is 5.75 Å². The third-order valence-corrected chi connectivity index (χ3v) is 6.94. The number of sulfonamides is 2. The minimum Gasteiger partial charge on any atom is -0.406 e. The molecule has 8 nitrogen and oxygen atoms in total. The number of anilines is 2. The molecule has 0 radical (unpaired) electrons. The van der Waals surface area contributed by atoms with Gasteiger partial charge in [-0.15, -0.1) is 13.2 Å². The second-order valence-electron chi connectivity index (χ2n) is 6.15. The van der Waals surface area contributed by atoms with Crippen LogP contribution in [0.2, 0.25) is 0 Å². The summed E-state index contributed by atoms with van der Waals surface area (Å²) in [6.07, 6.45) is -4.91. The Morgan fingerprint density at radius 2 is 1.50 bits per heavy atom. The largest absolute Gasteiger partial charge is 0.573 e. The highest BCUT2D eigenvalue weighted by Crippen LogP contribution is 2.30. The number of ether oxygens (including phenoxy) is 1. The zero-order chi connectivity index (χ0) is 22.7. The van der Waals surface area contributed by atoms with Crippen molar-refractivity contribution >= 4 is 31.4 Å². The van der Waals surface area contributed by atoms with E-state index in [1.54, 1.807) is 6.92 Å². The molecule has 0 aliphatic carbocycles. The van der Waals surface area contributed by atoms with Crippen LogP contribution in [0.1, 0.15) is 6.92 Å². The summed E-state index contributed by atoms with van der Waals surface area (Å²) < 4.78 is 93.8. The second-order valence-corrected chi connectivity index (χ2v) is 9.98. The fraction of sp³-hybridized carbons (Fsp3) is 0.294. The SMILES string of the molecule is CCNc1ccc(S(=O)(=O)N(C)C)cc1NS(=O)(=O)c1ccc(OC(F)(F)F)cc1. The highest BCUT2D eigenvalue weighted by atomic mass is 32.2. The maximum atomic E-state index is 12.7. The predicted molar refractivity (Wildman–Crippen MR) is 105 cm³/mol. The predicted octanol–water partition coefficient (Wildman–Crippen LogP) is 3.07. The van der Waals surface area contributed by atoms with Crippen LogP contribution in [0.4, 0.5) is 24.5 Å². The van der Waals surface area contributed by atoms with E-state index in [4.69, 9.17) is 0 Å². The van der Waals surface area contributed by atoms with E-state index in [0.717, 1.165) is 34.6 Å². The Morgan fingerprint density at radius 1 is 0.933 bits per heavy atom. The van der Waals surface area contributed by atoms with Crippen molar-refractivity contribution in [1.82, 2.24) is 4.31 Å². The van der Waals surface area contributed by atoms with E-state index in [-0.39, 0.29) is 15.5 Å². The van der Waals surface area contributed by atoms with Crippen LogP contribution in [0.25, 0.3) is 0 Å². The maximum Gasteiger partial charge on any atom is 0.573 e. The Morgan fingerprint density at radius 3 is 2.00 bits per heavy atom. The molecule has 0 spiro atoms. The molecule has 166 valence electrons. The Labute approximate surface area is 172 Å². The highest BCUT2D eigenvalue weighted by Gasteiger charge is 2.31. The average Bonchev–Trinajstić information content (AvgIpc) is 2.62. The lowest BCUT2D eigenvalue weighted by Crippen LogP contribution is -2.22. The van der Waals surface area contributed by atoms with Crippen LogP contribution in [0.15, 0.2) is 52.3 Å². The Balaban J connectivity index is 2.41. The first kappa shape index (κ1) is 23.8. The Kier molecular flexibility index (Phi) is 6.89. The molecule has 0 fully saturated rings. The molecule has 0 unspecified atom stereocenters. The monoisotopic (exact) mass is 467 g/mol. The average molecular weight is 467 g/mol. The summed E-state index contributed by atoms with van der Waals surface area (Å²) in [5.41, 5.74) is 0.297. The molecule has 30 heavy (non-hydrogen) atoms. The van der Waals surface area contributed by atoms with Gasteiger partial charge in [0, 0.05) is 20.6 Å². The van der Waals surface area contributed by atoms with Crippen LogP contribution in [0.3, 0.4) is 0 Å². The number of benzene rings is 2. The molecular weight excluding hydrogens is 447 g/mol. The second kappa shape index (κ2) is 8.70. The normalized spacial score (nSPS) is 12.6. The molecule has 2 aromatic carbocycles. The van der Waals surface area contributed by atoms with Crippen LogP contribution in [-0.2, 0) is 20.0 Å². The van der Waals surface area contributed by atoms with Crippen molar-refractivity contribution in [2.45, 2.75) is 23.1 Å². The van der Waals surface area contributed by atoms with E-state index in [1.165, 1.54) is 26.2 Å². The third kappa shape index (κ3) is 5.77. The van der Waals surface area contributed by atoms with Crippen molar-refractivity contribution in [3.8, 4) is 5.75 Å². The number of nitrogens with zero attached hydrogens (tertiary/aromatic N) is 1. The summed E-state index contributed by atoms with van der Waals surface area (Å²) >= 11 is 0. The quantitative estimate of drug-likeness (QED) is 0.618. The summed E-state index contributed by atoms with van der Waals surface area (Å²) in [6, 6.07) is 7.51.